The second kappa shape index (κ2) is 5.99. The van der Waals surface area contributed by atoms with Crippen molar-refractivity contribution in [1.82, 2.24) is 0 Å². The fourth-order valence-corrected chi connectivity index (χ4v) is 2.69. The molecule has 1 aromatic rings. The molecule has 5 heteroatoms. The number of benzene rings is 1. The van der Waals surface area contributed by atoms with Crippen molar-refractivity contribution >= 4 is 11.4 Å². The topological polar surface area (TPSA) is 73.7 Å². The van der Waals surface area contributed by atoms with E-state index in [1.165, 1.54) is 0 Å². The highest BCUT2D eigenvalue weighted by Gasteiger charge is 2.28. The first-order valence-corrected chi connectivity index (χ1v) is 7.32. The number of hydrogen-bond acceptors (Lipinski definition) is 5. The molecule has 0 spiro atoms. The van der Waals surface area contributed by atoms with Crippen molar-refractivity contribution in [3.05, 3.63) is 23.8 Å². The molecule has 2 atom stereocenters. The van der Waals surface area contributed by atoms with Gasteiger partial charge in [-0.1, -0.05) is 0 Å². The molecule has 0 amide bonds. The molecule has 0 bridgehead atoms. The fourth-order valence-electron chi connectivity index (χ4n) is 2.69. The fraction of sp³-hybridized carbons (Fsp3) is 0.600. The van der Waals surface area contributed by atoms with Gasteiger partial charge in [-0.25, -0.2) is 0 Å². The molecule has 0 unspecified atom stereocenters. The zero-order valence-corrected chi connectivity index (χ0v) is 11.8. The van der Waals surface area contributed by atoms with E-state index in [1.54, 1.807) is 0 Å². The Balaban J connectivity index is 1.66. The maximum atomic E-state index is 6.01. The number of hydrogen-bond donors (Lipinski definition) is 2. The molecular weight excluding hydrogens is 254 g/mol. The summed E-state index contributed by atoms with van der Waals surface area (Å²) in [7, 11) is 0. The van der Waals surface area contributed by atoms with Crippen molar-refractivity contribution in [2.24, 2.45) is 5.73 Å². The number of nitrogens with zero attached hydrogens (tertiary/aromatic N) is 1. The van der Waals surface area contributed by atoms with Gasteiger partial charge in [0.15, 0.2) is 0 Å². The van der Waals surface area contributed by atoms with E-state index in [9.17, 15) is 0 Å². The zero-order valence-electron chi connectivity index (χ0n) is 11.8. The minimum absolute atomic E-state index is 0.203. The molecule has 2 aliphatic rings. The van der Waals surface area contributed by atoms with Crippen LogP contribution in [-0.4, -0.2) is 38.4 Å². The summed E-state index contributed by atoms with van der Waals surface area (Å²) >= 11 is 0. The molecule has 5 nitrogen and oxygen atoms in total. The van der Waals surface area contributed by atoms with Gasteiger partial charge in [0.25, 0.3) is 0 Å². The van der Waals surface area contributed by atoms with Crippen LogP contribution in [0.5, 0.6) is 0 Å². The highest BCUT2D eigenvalue weighted by atomic mass is 16.5. The number of morpholine rings is 1. The van der Waals surface area contributed by atoms with Gasteiger partial charge in [-0.2, -0.15) is 0 Å². The van der Waals surface area contributed by atoms with Crippen molar-refractivity contribution in [2.45, 2.75) is 31.6 Å². The van der Waals surface area contributed by atoms with Crippen LogP contribution in [0.15, 0.2) is 18.2 Å². The number of ether oxygens (including phenoxy) is 2. The van der Waals surface area contributed by atoms with E-state index in [0.717, 1.165) is 56.1 Å². The Labute approximate surface area is 119 Å². The molecule has 2 fully saturated rings. The minimum Gasteiger partial charge on any atom is -0.399 e. The quantitative estimate of drug-likeness (QED) is 0.807. The number of rotatable bonds is 4. The first-order chi connectivity index (χ1) is 9.72. The maximum Gasteiger partial charge on any atom is 0.0731 e. The van der Waals surface area contributed by atoms with Crippen LogP contribution in [0.3, 0.4) is 0 Å². The van der Waals surface area contributed by atoms with Gasteiger partial charge < -0.3 is 25.8 Å². The Hall–Kier alpha value is -1.30. The smallest absolute Gasteiger partial charge is 0.0731 e. The molecule has 0 radical (unpaired) electrons. The van der Waals surface area contributed by atoms with Crippen LogP contribution in [0.1, 0.15) is 18.4 Å². The lowest BCUT2D eigenvalue weighted by atomic mass is 9.90. The van der Waals surface area contributed by atoms with Crippen LogP contribution in [0.25, 0.3) is 0 Å². The Morgan fingerprint density at radius 1 is 1.20 bits per heavy atom. The first kappa shape index (κ1) is 13.7. The molecule has 1 saturated carbocycles. The van der Waals surface area contributed by atoms with Crippen LogP contribution in [0.2, 0.25) is 0 Å². The van der Waals surface area contributed by atoms with E-state index in [4.69, 9.17) is 20.9 Å². The molecule has 0 aromatic heterocycles. The van der Waals surface area contributed by atoms with Gasteiger partial charge in [0, 0.05) is 30.5 Å². The van der Waals surface area contributed by atoms with Gasteiger partial charge in [-0.05, 0) is 36.6 Å². The summed E-state index contributed by atoms with van der Waals surface area (Å²) < 4.78 is 11.2. The highest BCUT2D eigenvalue weighted by molar-refractivity contribution is 5.58. The van der Waals surface area contributed by atoms with Crippen molar-refractivity contribution in [2.75, 3.05) is 36.9 Å². The van der Waals surface area contributed by atoms with Gasteiger partial charge in [0.05, 0.1) is 25.9 Å². The second-order valence-corrected chi connectivity index (χ2v) is 5.62. The third-order valence-corrected chi connectivity index (χ3v) is 4.10. The van der Waals surface area contributed by atoms with E-state index in [1.807, 2.05) is 12.1 Å². The maximum absolute atomic E-state index is 6.01. The van der Waals surface area contributed by atoms with Crippen LogP contribution in [-0.2, 0) is 16.1 Å². The first-order valence-electron chi connectivity index (χ1n) is 7.32. The number of nitrogens with two attached hydrogens (primary N) is 2. The molecule has 1 saturated heterocycles. The Morgan fingerprint density at radius 3 is 2.65 bits per heavy atom. The molecule has 110 valence electrons. The molecule has 4 N–H and O–H groups in total. The number of anilines is 2. The lowest BCUT2D eigenvalue weighted by Crippen LogP contribution is -2.45. The minimum atomic E-state index is 0.203. The Kier molecular flexibility index (Phi) is 4.10. The largest absolute Gasteiger partial charge is 0.399 e. The second-order valence-electron chi connectivity index (χ2n) is 5.62. The van der Waals surface area contributed by atoms with Gasteiger partial charge in [0.1, 0.15) is 0 Å². The summed E-state index contributed by atoms with van der Waals surface area (Å²) in [5.41, 5.74) is 15.0. The summed E-state index contributed by atoms with van der Waals surface area (Å²) in [5, 5.41) is 0. The van der Waals surface area contributed by atoms with Crippen molar-refractivity contribution in [3.8, 4) is 0 Å². The van der Waals surface area contributed by atoms with Crippen LogP contribution < -0.4 is 16.4 Å². The third kappa shape index (κ3) is 3.06. The van der Waals surface area contributed by atoms with Crippen LogP contribution in [0, 0.1) is 0 Å². The van der Waals surface area contributed by atoms with Gasteiger partial charge in [-0.3, -0.25) is 0 Å². The molecule has 20 heavy (non-hydrogen) atoms. The van der Waals surface area contributed by atoms with Crippen LogP contribution >= 0.6 is 0 Å². The van der Waals surface area contributed by atoms with Gasteiger partial charge >= 0.3 is 0 Å². The predicted octanol–water partition coefficient (Wildman–Crippen LogP) is 1.11. The SMILES string of the molecule is Nc1cc(CO[C@@H]2CC[C@H]2N)cc(N2CCOCC2)c1. The summed E-state index contributed by atoms with van der Waals surface area (Å²) in [6, 6.07) is 6.36. The van der Waals surface area contributed by atoms with Crippen molar-refractivity contribution < 1.29 is 9.47 Å². The van der Waals surface area contributed by atoms with Crippen LogP contribution in [0.4, 0.5) is 11.4 Å². The highest BCUT2D eigenvalue weighted by Crippen LogP contribution is 2.25. The molecular formula is C15H23N3O2. The third-order valence-electron chi connectivity index (χ3n) is 4.10. The predicted molar refractivity (Wildman–Crippen MR) is 79.7 cm³/mol. The molecule has 3 rings (SSSR count). The van der Waals surface area contributed by atoms with E-state index in [-0.39, 0.29) is 12.1 Å². The van der Waals surface area contributed by atoms with E-state index < -0.39 is 0 Å². The average molecular weight is 277 g/mol. The van der Waals surface area contributed by atoms with E-state index in [2.05, 4.69) is 11.0 Å². The monoisotopic (exact) mass is 277 g/mol. The Bertz CT molecular complexity index is 460. The summed E-state index contributed by atoms with van der Waals surface area (Å²) in [6.07, 6.45) is 2.35. The standard InChI is InChI=1S/C15H23N3O2/c16-12-7-11(10-20-15-2-1-14(15)17)8-13(9-12)18-3-5-19-6-4-18/h7-9,14-15H,1-6,10,16-17H2/t14-,15-/m1/s1. The Morgan fingerprint density at radius 2 is 2.00 bits per heavy atom. The number of nitrogen functional groups attached to an aromatic ring is 1. The average Bonchev–Trinajstić information content (AvgIpc) is 2.46. The van der Waals surface area contributed by atoms with Crippen molar-refractivity contribution in [3.63, 3.8) is 0 Å². The summed E-state index contributed by atoms with van der Waals surface area (Å²) in [4.78, 5) is 2.30. The van der Waals surface area contributed by atoms with Gasteiger partial charge in [-0.15, -0.1) is 0 Å². The van der Waals surface area contributed by atoms with E-state index in [0.29, 0.717) is 6.61 Å². The summed E-state index contributed by atoms with van der Waals surface area (Å²) in [6.45, 7) is 3.96. The molecule has 1 aliphatic carbocycles. The lowest BCUT2D eigenvalue weighted by Gasteiger charge is -2.33. The lowest BCUT2D eigenvalue weighted by molar-refractivity contribution is -0.0245. The van der Waals surface area contributed by atoms with E-state index >= 15 is 0 Å². The summed E-state index contributed by atoms with van der Waals surface area (Å²) in [5.74, 6) is 0. The zero-order chi connectivity index (χ0) is 13.9. The molecule has 1 aromatic carbocycles. The van der Waals surface area contributed by atoms with Gasteiger partial charge in [0.2, 0.25) is 0 Å². The van der Waals surface area contributed by atoms with Crippen molar-refractivity contribution in [1.29, 1.82) is 0 Å². The normalized spacial score (nSPS) is 26.4. The molecule has 1 heterocycles. The molecule has 1 aliphatic heterocycles.